The SMILES string of the molecule is CCCCC(CC)CNC(C)c1cccc([N+](=O)[O-])c1. The first-order valence-corrected chi connectivity index (χ1v) is 7.56. The van der Waals surface area contributed by atoms with Crippen LogP contribution in [0.4, 0.5) is 5.69 Å². The first-order valence-electron chi connectivity index (χ1n) is 7.56. The number of unbranched alkanes of at least 4 members (excludes halogenated alkanes) is 1. The summed E-state index contributed by atoms with van der Waals surface area (Å²) in [4.78, 5) is 10.5. The maximum absolute atomic E-state index is 10.8. The van der Waals surface area contributed by atoms with Gasteiger partial charge in [0.25, 0.3) is 5.69 Å². The minimum absolute atomic E-state index is 0.144. The molecule has 20 heavy (non-hydrogen) atoms. The molecule has 4 heteroatoms. The van der Waals surface area contributed by atoms with Gasteiger partial charge in [-0.3, -0.25) is 10.1 Å². The second-order valence-corrected chi connectivity index (χ2v) is 5.40. The number of nitro benzene ring substituents is 1. The highest BCUT2D eigenvalue weighted by Gasteiger charge is 2.12. The van der Waals surface area contributed by atoms with Gasteiger partial charge in [0.1, 0.15) is 0 Å². The van der Waals surface area contributed by atoms with Gasteiger partial charge in [-0.2, -0.15) is 0 Å². The molecule has 1 aromatic carbocycles. The molecule has 0 fully saturated rings. The van der Waals surface area contributed by atoms with E-state index >= 15 is 0 Å². The van der Waals surface area contributed by atoms with Crippen LogP contribution in [0.3, 0.4) is 0 Å². The van der Waals surface area contributed by atoms with Crippen molar-refractivity contribution in [1.82, 2.24) is 5.32 Å². The molecule has 0 aromatic heterocycles. The fraction of sp³-hybridized carbons (Fsp3) is 0.625. The van der Waals surface area contributed by atoms with Gasteiger partial charge in [-0.05, 0) is 31.4 Å². The van der Waals surface area contributed by atoms with Crippen molar-refractivity contribution in [2.24, 2.45) is 5.92 Å². The maximum atomic E-state index is 10.8. The Hall–Kier alpha value is -1.42. The van der Waals surface area contributed by atoms with Crippen molar-refractivity contribution >= 4 is 5.69 Å². The third-order valence-corrected chi connectivity index (χ3v) is 3.84. The van der Waals surface area contributed by atoms with E-state index in [1.807, 2.05) is 6.07 Å². The lowest BCUT2D eigenvalue weighted by molar-refractivity contribution is -0.384. The van der Waals surface area contributed by atoms with Crippen LogP contribution in [0, 0.1) is 16.0 Å². The van der Waals surface area contributed by atoms with E-state index in [4.69, 9.17) is 0 Å². The van der Waals surface area contributed by atoms with E-state index in [0.29, 0.717) is 5.92 Å². The van der Waals surface area contributed by atoms with Gasteiger partial charge in [-0.25, -0.2) is 0 Å². The van der Waals surface area contributed by atoms with Crippen LogP contribution in [0.25, 0.3) is 0 Å². The Morgan fingerprint density at radius 1 is 1.35 bits per heavy atom. The molecule has 0 aliphatic carbocycles. The monoisotopic (exact) mass is 278 g/mol. The van der Waals surface area contributed by atoms with Gasteiger partial charge in [-0.15, -0.1) is 0 Å². The number of rotatable bonds is 9. The second kappa shape index (κ2) is 8.69. The summed E-state index contributed by atoms with van der Waals surface area (Å²) in [6.45, 7) is 7.47. The fourth-order valence-electron chi connectivity index (χ4n) is 2.31. The van der Waals surface area contributed by atoms with Gasteiger partial charge in [0, 0.05) is 18.2 Å². The predicted octanol–water partition coefficient (Wildman–Crippen LogP) is 4.46. The Morgan fingerprint density at radius 3 is 2.70 bits per heavy atom. The summed E-state index contributed by atoms with van der Waals surface area (Å²) in [5.74, 6) is 0.691. The van der Waals surface area contributed by atoms with Gasteiger partial charge >= 0.3 is 0 Å². The molecule has 0 radical (unpaired) electrons. The lowest BCUT2D eigenvalue weighted by Crippen LogP contribution is -2.25. The number of hydrogen-bond acceptors (Lipinski definition) is 3. The van der Waals surface area contributed by atoms with Crippen molar-refractivity contribution in [3.63, 3.8) is 0 Å². The van der Waals surface area contributed by atoms with Gasteiger partial charge in [0.15, 0.2) is 0 Å². The summed E-state index contributed by atoms with van der Waals surface area (Å²) in [6, 6.07) is 7.03. The maximum Gasteiger partial charge on any atom is 0.269 e. The largest absolute Gasteiger partial charge is 0.310 e. The molecule has 0 saturated carbocycles. The second-order valence-electron chi connectivity index (χ2n) is 5.40. The lowest BCUT2D eigenvalue weighted by Gasteiger charge is -2.19. The molecule has 112 valence electrons. The molecule has 4 nitrogen and oxygen atoms in total. The number of non-ortho nitro benzene ring substituents is 1. The van der Waals surface area contributed by atoms with Gasteiger partial charge < -0.3 is 5.32 Å². The van der Waals surface area contributed by atoms with Crippen molar-refractivity contribution in [3.8, 4) is 0 Å². The summed E-state index contributed by atoms with van der Waals surface area (Å²) in [5, 5.41) is 14.3. The van der Waals surface area contributed by atoms with Crippen LogP contribution >= 0.6 is 0 Å². The third kappa shape index (κ3) is 5.29. The highest BCUT2D eigenvalue weighted by molar-refractivity contribution is 5.35. The Morgan fingerprint density at radius 2 is 2.10 bits per heavy atom. The van der Waals surface area contributed by atoms with Crippen LogP contribution in [0.5, 0.6) is 0 Å². The number of nitro groups is 1. The molecule has 0 aliphatic heterocycles. The summed E-state index contributed by atoms with van der Waals surface area (Å²) in [7, 11) is 0. The minimum Gasteiger partial charge on any atom is -0.310 e. The first kappa shape index (κ1) is 16.6. The van der Waals surface area contributed by atoms with E-state index in [1.54, 1.807) is 12.1 Å². The van der Waals surface area contributed by atoms with E-state index in [0.717, 1.165) is 12.1 Å². The molecule has 0 saturated heterocycles. The standard InChI is InChI=1S/C16H26N2O2/c1-4-6-8-14(5-2)12-17-13(3)15-9-7-10-16(11-15)18(19)20/h7,9-11,13-14,17H,4-6,8,12H2,1-3H3. The van der Waals surface area contributed by atoms with Crippen LogP contribution in [-0.4, -0.2) is 11.5 Å². The molecule has 1 rings (SSSR count). The van der Waals surface area contributed by atoms with E-state index in [2.05, 4.69) is 26.1 Å². The number of nitrogens with one attached hydrogen (secondary N) is 1. The molecular weight excluding hydrogens is 252 g/mol. The van der Waals surface area contributed by atoms with Gasteiger partial charge in [0.05, 0.1) is 4.92 Å². The highest BCUT2D eigenvalue weighted by Crippen LogP contribution is 2.20. The van der Waals surface area contributed by atoms with Crippen molar-refractivity contribution < 1.29 is 4.92 Å². The van der Waals surface area contributed by atoms with Gasteiger partial charge in [0.2, 0.25) is 0 Å². The molecule has 0 aliphatic rings. The van der Waals surface area contributed by atoms with Gasteiger partial charge in [-0.1, -0.05) is 45.2 Å². The third-order valence-electron chi connectivity index (χ3n) is 3.84. The summed E-state index contributed by atoms with van der Waals surface area (Å²) < 4.78 is 0. The van der Waals surface area contributed by atoms with E-state index in [1.165, 1.54) is 31.7 Å². The number of benzene rings is 1. The lowest BCUT2D eigenvalue weighted by atomic mass is 9.98. The highest BCUT2D eigenvalue weighted by atomic mass is 16.6. The Labute approximate surface area is 121 Å². The number of hydrogen-bond donors (Lipinski definition) is 1. The molecule has 0 heterocycles. The zero-order chi connectivity index (χ0) is 15.0. The molecule has 0 bridgehead atoms. The minimum atomic E-state index is -0.341. The fourth-order valence-corrected chi connectivity index (χ4v) is 2.31. The molecule has 2 atom stereocenters. The Kier molecular flexibility index (Phi) is 7.23. The average molecular weight is 278 g/mol. The first-order chi connectivity index (χ1) is 9.58. The van der Waals surface area contributed by atoms with Crippen LogP contribution in [0.2, 0.25) is 0 Å². The van der Waals surface area contributed by atoms with E-state index in [9.17, 15) is 10.1 Å². The summed E-state index contributed by atoms with van der Waals surface area (Å²) >= 11 is 0. The molecule has 2 unspecified atom stereocenters. The average Bonchev–Trinajstić information content (AvgIpc) is 2.47. The van der Waals surface area contributed by atoms with Crippen LogP contribution in [0.1, 0.15) is 58.1 Å². The molecular formula is C16H26N2O2. The normalized spacial score (nSPS) is 13.9. The van der Waals surface area contributed by atoms with E-state index in [-0.39, 0.29) is 16.7 Å². The van der Waals surface area contributed by atoms with Crippen molar-refractivity contribution in [2.75, 3.05) is 6.54 Å². The summed E-state index contributed by atoms with van der Waals surface area (Å²) in [6.07, 6.45) is 4.93. The van der Waals surface area contributed by atoms with Crippen molar-refractivity contribution in [2.45, 2.75) is 52.5 Å². The zero-order valence-corrected chi connectivity index (χ0v) is 12.8. The smallest absolute Gasteiger partial charge is 0.269 e. The molecule has 1 N–H and O–H groups in total. The molecule has 1 aromatic rings. The Balaban J connectivity index is 2.55. The van der Waals surface area contributed by atoms with Crippen molar-refractivity contribution in [3.05, 3.63) is 39.9 Å². The Bertz CT molecular complexity index is 421. The molecule has 0 amide bonds. The quantitative estimate of drug-likeness (QED) is 0.536. The molecule has 0 spiro atoms. The predicted molar refractivity (Wildman–Crippen MR) is 82.8 cm³/mol. The summed E-state index contributed by atoms with van der Waals surface area (Å²) in [5.41, 5.74) is 1.14. The van der Waals surface area contributed by atoms with E-state index < -0.39 is 0 Å². The topological polar surface area (TPSA) is 55.2 Å². The van der Waals surface area contributed by atoms with Crippen LogP contribution < -0.4 is 5.32 Å². The van der Waals surface area contributed by atoms with Crippen LogP contribution in [0.15, 0.2) is 24.3 Å². The van der Waals surface area contributed by atoms with Crippen LogP contribution in [-0.2, 0) is 0 Å². The van der Waals surface area contributed by atoms with Crippen molar-refractivity contribution in [1.29, 1.82) is 0 Å². The zero-order valence-electron chi connectivity index (χ0n) is 12.8. The number of nitrogens with zero attached hydrogens (tertiary/aromatic N) is 1.